The van der Waals surface area contributed by atoms with Gasteiger partial charge in [-0.15, -0.1) is 0 Å². The number of aromatic nitrogens is 2. The Kier molecular flexibility index (Phi) is 6.62. The lowest BCUT2D eigenvalue weighted by Crippen LogP contribution is -1.96. The van der Waals surface area contributed by atoms with E-state index in [9.17, 15) is 0 Å². The zero-order valence-corrected chi connectivity index (χ0v) is 26.9. The largest absolute Gasteiger partial charge is 0.254 e. The van der Waals surface area contributed by atoms with Gasteiger partial charge in [0, 0.05) is 23.2 Å². The first kappa shape index (κ1) is 28.1. The van der Waals surface area contributed by atoms with E-state index in [1.165, 1.54) is 77.2 Å². The average Bonchev–Trinajstić information content (AvgIpc) is 3.15. The summed E-state index contributed by atoms with van der Waals surface area (Å²) in [5.41, 5.74) is 14.2. The Balaban J connectivity index is 1.30. The third kappa shape index (κ3) is 4.41. The maximum atomic E-state index is 4.83. The molecule has 0 N–H and O–H groups in total. The van der Waals surface area contributed by atoms with Crippen LogP contribution < -0.4 is 0 Å². The molecule has 7 aromatic carbocycles. The quantitative estimate of drug-likeness (QED) is 0.146. The van der Waals surface area contributed by atoms with Crippen molar-refractivity contribution in [2.24, 2.45) is 0 Å². The molecular weight excluding hydrogens is 581 g/mol. The van der Waals surface area contributed by atoms with E-state index in [1.54, 1.807) is 0 Å². The van der Waals surface area contributed by atoms with Crippen LogP contribution >= 0.6 is 0 Å². The van der Waals surface area contributed by atoms with Gasteiger partial charge in [-0.2, -0.15) is 0 Å². The van der Waals surface area contributed by atoms with Gasteiger partial charge in [0.2, 0.25) is 0 Å². The van der Waals surface area contributed by atoms with Crippen LogP contribution in [-0.2, 0) is 0 Å². The van der Waals surface area contributed by atoms with Crippen molar-refractivity contribution in [3.05, 3.63) is 169 Å². The van der Waals surface area contributed by atoms with Crippen molar-refractivity contribution in [2.45, 2.75) is 13.8 Å². The van der Waals surface area contributed by atoms with E-state index in [1.807, 2.05) is 24.5 Å². The molecule has 2 heteroatoms. The molecule has 0 atom stereocenters. The molecule has 48 heavy (non-hydrogen) atoms. The Labute approximate surface area is 280 Å². The third-order valence-corrected chi connectivity index (χ3v) is 9.90. The monoisotopic (exact) mass is 612 g/mol. The van der Waals surface area contributed by atoms with E-state index in [-0.39, 0.29) is 0 Å². The minimum Gasteiger partial charge on any atom is -0.254 e. The van der Waals surface area contributed by atoms with Gasteiger partial charge in [-0.1, -0.05) is 127 Å². The molecule has 0 amide bonds. The molecule has 0 aliphatic carbocycles. The molecule has 0 bridgehead atoms. The summed E-state index contributed by atoms with van der Waals surface area (Å²) in [6, 6.07) is 52.8. The predicted octanol–water partition coefficient (Wildman–Crippen LogP) is 12.4. The summed E-state index contributed by atoms with van der Waals surface area (Å²) in [6.45, 7) is 4.44. The number of aryl methyl sites for hydroxylation is 2. The zero-order chi connectivity index (χ0) is 32.2. The molecule has 9 aromatic rings. The smallest absolute Gasteiger partial charge is 0.0970 e. The highest BCUT2D eigenvalue weighted by molar-refractivity contribution is 6.22. The predicted molar refractivity (Wildman–Crippen MR) is 203 cm³/mol. The van der Waals surface area contributed by atoms with E-state index in [2.05, 4.69) is 147 Å². The fraction of sp³-hybridized carbons (Fsp3) is 0.0435. The molecular formula is C46H32N2. The van der Waals surface area contributed by atoms with Gasteiger partial charge in [0.1, 0.15) is 0 Å². The molecule has 0 fully saturated rings. The van der Waals surface area contributed by atoms with E-state index in [4.69, 9.17) is 9.97 Å². The van der Waals surface area contributed by atoms with Gasteiger partial charge >= 0.3 is 0 Å². The number of hydrogen-bond acceptors (Lipinski definition) is 2. The number of rotatable bonds is 4. The summed E-state index contributed by atoms with van der Waals surface area (Å²) in [7, 11) is 0. The number of benzene rings is 7. The van der Waals surface area contributed by atoms with Gasteiger partial charge in [0.05, 0.1) is 11.0 Å². The van der Waals surface area contributed by atoms with Gasteiger partial charge in [-0.05, 0) is 109 Å². The fourth-order valence-corrected chi connectivity index (χ4v) is 7.63. The number of nitrogens with zero attached hydrogens (tertiary/aromatic N) is 2. The van der Waals surface area contributed by atoms with Crippen molar-refractivity contribution in [1.29, 1.82) is 0 Å². The zero-order valence-electron chi connectivity index (χ0n) is 26.9. The van der Waals surface area contributed by atoms with E-state index >= 15 is 0 Å². The summed E-state index contributed by atoms with van der Waals surface area (Å²) in [5.74, 6) is 0. The first-order chi connectivity index (χ1) is 23.7. The van der Waals surface area contributed by atoms with Gasteiger partial charge in [0.25, 0.3) is 0 Å². The molecule has 2 heterocycles. The average molecular weight is 613 g/mol. The fourth-order valence-electron chi connectivity index (χ4n) is 7.63. The van der Waals surface area contributed by atoms with Crippen LogP contribution in [0.25, 0.3) is 87.9 Å². The second kappa shape index (κ2) is 11.3. The van der Waals surface area contributed by atoms with Crippen molar-refractivity contribution in [3.63, 3.8) is 0 Å². The summed E-state index contributed by atoms with van der Waals surface area (Å²) >= 11 is 0. The highest BCUT2D eigenvalue weighted by Gasteiger charge is 2.20. The molecule has 0 radical (unpaired) electrons. The third-order valence-electron chi connectivity index (χ3n) is 9.90. The van der Waals surface area contributed by atoms with Crippen LogP contribution in [0.5, 0.6) is 0 Å². The Morgan fingerprint density at radius 3 is 1.44 bits per heavy atom. The van der Waals surface area contributed by atoms with Gasteiger partial charge in [-0.3, -0.25) is 9.97 Å². The molecule has 2 nitrogen and oxygen atoms in total. The standard InChI is InChI=1S/C46H32N2/c1-29-20-21-34(28-41(29)42-30(2)35-18-10-26-47-45(35)46-40(42)19-11-27-48-46)44-38-16-8-6-14-36(38)43(37-15-7-9-17-39(37)44)33-24-22-32(23-25-33)31-12-4-3-5-13-31/h3-28H,1-2H3. The van der Waals surface area contributed by atoms with Crippen molar-refractivity contribution in [1.82, 2.24) is 9.97 Å². The molecule has 0 saturated heterocycles. The summed E-state index contributed by atoms with van der Waals surface area (Å²) in [5, 5.41) is 7.28. The number of fused-ring (bicyclic) bond motifs is 5. The van der Waals surface area contributed by atoms with Crippen molar-refractivity contribution in [3.8, 4) is 44.5 Å². The Morgan fingerprint density at radius 1 is 0.354 bits per heavy atom. The minimum absolute atomic E-state index is 0.942. The second-order valence-electron chi connectivity index (χ2n) is 12.6. The summed E-state index contributed by atoms with van der Waals surface area (Å²) in [4.78, 5) is 9.58. The molecule has 0 aliphatic rings. The minimum atomic E-state index is 0.942. The van der Waals surface area contributed by atoms with Crippen molar-refractivity contribution >= 4 is 43.4 Å². The van der Waals surface area contributed by atoms with E-state index in [0.717, 1.165) is 21.8 Å². The topological polar surface area (TPSA) is 25.8 Å². The van der Waals surface area contributed by atoms with Crippen molar-refractivity contribution < 1.29 is 0 Å². The maximum Gasteiger partial charge on any atom is 0.0970 e. The number of pyridine rings is 2. The van der Waals surface area contributed by atoms with Crippen LogP contribution in [0.4, 0.5) is 0 Å². The molecule has 9 rings (SSSR count). The van der Waals surface area contributed by atoms with Crippen LogP contribution in [-0.4, -0.2) is 9.97 Å². The lowest BCUT2D eigenvalue weighted by molar-refractivity contribution is 1.36. The van der Waals surface area contributed by atoms with Crippen LogP contribution in [0, 0.1) is 13.8 Å². The molecule has 0 saturated carbocycles. The van der Waals surface area contributed by atoms with Crippen LogP contribution in [0.15, 0.2) is 158 Å². The summed E-state index contributed by atoms with van der Waals surface area (Å²) in [6.07, 6.45) is 3.73. The highest BCUT2D eigenvalue weighted by atomic mass is 14.7. The first-order valence-electron chi connectivity index (χ1n) is 16.5. The number of hydrogen-bond donors (Lipinski definition) is 0. The normalized spacial score (nSPS) is 11.5. The van der Waals surface area contributed by atoms with Crippen molar-refractivity contribution in [2.75, 3.05) is 0 Å². The Morgan fingerprint density at radius 2 is 0.812 bits per heavy atom. The van der Waals surface area contributed by atoms with Crippen LogP contribution in [0.1, 0.15) is 11.1 Å². The molecule has 2 aromatic heterocycles. The van der Waals surface area contributed by atoms with E-state index in [0.29, 0.717) is 0 Å². The van der Waals surface area contributed by atoms with Gasteiger partial charge in [-0.25, -0.2) is 0 Å². The maximum absolute atomic E-state index is 4.83. The van der Waals surface area contributed by atoms with E-state index < -0.39 is 0 Å². The van der Waals surface area contributed by atoms with Gasteiger partial charge in [0.15, 0.2) is 0 Å². The summed E-state index contributed by atoms with van der Waals surface area (Å²) < 4.78 is 0. The Bertz CT molecular complexity index is 2610. The van der Waals surface area contributed by atoms with Crippen LogP contribution in [0.2, 0.25) is 0 Å². The lowest BCUT2D eigenvalue weighted by atomic mass is 9.84. The highest BCUT2D eigenvalue weighted by Crippen LogP contribution is 2.46. The Hall–Kier alpha value is -6.12. The first-order valence-corrected chi connectivity index (χ1v) is 16.5. The molecule has 0 unspecified atom stereocenters. The second-order valence-corrected chi connectivity index (χ2v) is 12.6. The lowest BCUT2D eigenvalue weighted by Gasteiger charge is -2.20. The molecule has 0 aliphatic heterocycles. The van der Waals surface area contributed by atoms with Gasteiger partial charge < -0.3 is 0 Å². The SMILES string of the molecule is Cc1ccc(-c2c3ccccc3c(-c3ccc(-c4ccccc4)cc3)c3ccccc23)cc1-c1c(C)c2cccnc2c2ncccc12. The van der Waals surface area contributed by atoms with Crippen LogP contribution in [0.3, 0.4) is 0 Å². The molecule has 226 valence electrons. The molecule has 0 spiro atoms.